The number of carbonyl (C=O) groups is 1. The third-order valence-corrected chi connectivity index (χ3v) is 5.39. The minimum atomic E-state index is -4.50. The van der Waals surface area contributed by atoms with Crippen LogP contribution in [0.25, 0.3) is 0 Å². The molecular weight excluding hydrogens is 459 g/mol. The fraction of sp³-hybridized carbons (Fsp3) is 0.300. The number of hydrogen-bond donors (Lipinski definition) is 2. The van der Waals surface area contributed by atoms with Gasteiger partial charge in [0.15, 0.2) is 0 Å². The smallest absolute Gasteiger partial charge is 0.330 e. The highest BCUT2D eigenvalue weighted by atomic mass is 32.2. The van der Waals surface area contributed by atoms with E-state index in [2.05, 4.69) is 15.0 Å². The molecule has 0 aliphatic heterocycles. The molecule has 2 aromatic heterocycles. The van der Waals surface area contributed by atoms with Crippen LogP contribution in [0.4, 0.5) is 4.39 Å². The maximum atomic E-state index is 12.8. The van der Waals surface area contributed by atoms with Crippen molar-refractivity contribution in [3.63, 3.8) is 0 Å². The molecule has 12 heteroatoms. The summed E-state index contributed by atoms with van der Waals surface area (Å²) < 4.78 is 49.9. The Morgan fingerprint density at radius 3 is 2.28 bits per heavy atom. The number of unbranched alkanes of at least 4 members (excludes halogenated alkanes) is 1. The van der Waals surface area contributed by atoms with Crippen LogP contribution in [0.5, 0.6) is 5.75 Å². The van der Waals surface area contributed by atoms with E-state index in [9.17, 15) is 17.6 Å². The summed E-state index contributed by atoms with van der Waals surface area (Å²) in [5, 5.41) is 1.17. The van der Waals surface area contributed by atoms with Gasteiger partial charge in [-0.2, -0.15) is 8.42 Å². The van der Waals surface area contributed by atoms with Crippen LogP contribution < -0.4 is 10.5 Å². The van der Waals surface area contributed by atoms with Gasteiger partial charge in [-0.3, -0.25) is 9.35 Å². The highest BCUT2D eigenvalue weighted by molar-refractivity contribution is 7.85. The van der Waals surface area contributed by atoms with E-state index in [-0.39, 0.29) is 30.6 Å². The SMILES string of the molecule is CCCCc1nc(CCOc2ccc(F)cc2)nc(S(=O)(=O)O)n1.NC(=O)c1cccs1. The molecule has 0 radical (unpaired) electrons. The van der Waals surface area contributed by atoms with Crippen LogP contribution in [0.15, 0.2) is 46.9 Å². The molecular formula is C20H23FN4O5S2. The van der Waals surface area contributed by atoms with Gasteiger partial charge in [-0.05, 0) is 42.1 Å². The van der Waals surface area contributed by atoms with Crippen molar-refractivity contribution in [3.05, 3.63) is 64.1 Å². The predicted octanol–water partition coefficient (Wildman–Crippen LogP) is 3.07. The van der Waals surface area contributed by atoms with E-state index in [1.165, 1.54) is 35.6 Å². The molecule has 0 unspecified atom stereocenters. The van der Waals surface area contributed by atoms with E-state index < -0.39 is 15.3 Å². The highest BCUT2D eigenvalue weighted by Crippen LogP contribution is 2.12. The van der Waals surface area contributed by atoms with Crippen molar-refractivity contribution in [2.45, 2.75) is 37.8 Å². The number of carbonyl (C=O) groups excluding carboxylic acids is 1. The number of nitrogens with zero attached hydrogens (tertiary/aromatic N) is 3. The number of rotatable bonds is 9. The van der Waals surface area contributed by atoms with Crippen LogP contribution in [-0.2, 0) is 23.0 Å². The number of nitrogens with two attached hydrogens (primary N) is 1. The molecule has 9 nitrogen and oxygen atoms in total. The second kappa shape index (κ2) is 12.2. The Kier molecular flexibility index (Phi) is 9.62. The van der Waals surface area contributed by atoms with Crippen molar-refractivity contribution >= 4 is 27.4 Å². The molecule has 0 fully saturated rings. The first kappa shape index (κ1) is 25.3. The van der Waals surface area contributed by atoms with Crippen molar-refractivity contribution in [2.75, 3.05) is 6.61 Å². The van der Waals surface area contributed by atoms with Gasteiger partial charge in [-0.25, -0.2) is 19.3 Å². The lowest BCUT2D eigenvalue weighted by molar-refractivity contribution is 0.100. The molecule has 1 aromatic carbocycles. The number of halogens is 1. The minimum Gasteiger partial charge on any atom is -0.493 e. The molecule has 0 saturated heterocycles. The Morgan fingerprint density at radius 1 is 1.12 bits per heavy atom. The monoisotopic (exact) mass is 482 g/mol. The number of hydrogen-bond acceptors (Lipinski definition) is 8. The Bertz CT molecular complexity index is 1110. The van der Waals surface area contributed by atoms with Gasteiger partial charge in [0.25, 0.3) is 11.1 Å². The molecule has 0 saturated carbocycles. The van der Waals surface area contributed by atoms with Gasteiger partial charge in [0.05, 0.1) is 11.5 Å². The van der Waals surface area contributed by atoms with E-state index in [1.54, 1.807) is 12.1 Å². The fourth-order valence-electron chi connectivity index (χ4n) is 2.33. The first-order valence-corrected chi connectivity index (χ1v) is 11.9. The number of aromatic nitrogens is 3. The van der Waals surface area contributed by atoms with Crippen molar-refractivity contribution < 1.29 is 26.9 Å². The summed E-state index contributed by atoms with van der Waals surface area (Å²) in [7, 11) is -4.50. The lowest BCUT2D eigenvalue weighted by Gasteiger charge is -2.07. The zero-order valence-electron chi connectivity index (χ0n) is 17.3. The number of thiophene rings is 1. The largest absolute Gasteiger partial charge is 0.493 e. The summed E-state index contributed by atoms with van der Waals surface area (Å²) in [6.07, 6.45) is 2.41. The van der Waals surface area contributed by atoms with Crippen LogP contribution in [0.1, 0.15) is 41.1 Å². The lowest BCUT2D eigenvalue weighted by Crippen LogP contribution is -2.14. The van der Waals surface area contributed by atoms with Crippen LogP contribution >= 0.6 is 11.3 Å². The van der Waals surface area contributed by atoms with Crippen molar-refractivity contribution in [1.29, 1.82) is 0 Å². The van der Waals surface area contributed by atoms with E-state index in [0.29, 0.717) is 22.9 Å². The molecule has 3 rings (SSSR count). The maximum absolute atomic E-state index is 12.8. The molecule has 0 aliphatic rings. The van der Waals surface area contributed by atoms with Crippen LogP contribution in [0.3, 0.4) is 0 Å². The summed E-state index contributed by atoms with van der Waals surface area (Å²) >= 11 is 1.36. The number of aryl methyl sites for hydroxylation is 1. The van der Waals surface area contributed by atoms with Crippen molar-refractivity contribution in [1.82, 2.24) is 15.0 Å². The second-order valence-corrected chi connectivity index (χ2v) is 8.69. The molecule has 32 heavy (non-hydrogen) atoms. The number of ether oxygens (including phenoxy) is 1. The molecule has 0 spiro atoms. The first-order valence-electron chi connectivity index (χ1n) is 9.62. The Labute approximate surface area is 189 Å². The molecule has 0 bridgehead atoms. The zero-order valence-corrected chi connectivity index (χ0v) is 18.9. The molecule has 172 valence electrons. The number of primary amides is 1. The maximum Gasteiger partial charge on any atom is 0.330 e. The number of amides is 1. The lowest BCUT2D eigenvalue weighted by atomic mass is 10.2. The van der Waals surface area contributed by atoms with Gasteiger partial charge in [0.1, 0.15) is 23.2 Å². The Balaban J connectivity index is 0.000000380. The topological polar surface area (TPSA) is 145 Å². The molecule has 0 aliphatic carbocycles. The minimum absolute atomic E-state index is 0.174. The average Bonchev–Trinajstić information content (AvgIpc) is 3.29. The summed E-state index contributed by atoms with van der Waals surface area (Å²) in [4.78, 5) is 22.6. The van der Waals surface area contributed by atoms with Crippen molar-refractivity contribution in [3.8, 4) is 5.75 Å². The second-order valence-electron chi connectivity index (χ2n) is 6.42. The Hall–Kier alpha value is -2.96. The summed E-state index contributed by atoms with van der Waals surface area (Å²) in [6, 6.07) is 9.02. The summed E-state index contributed by atoms with van der Waals surface area (Å²) in [5.74, 6) is 0.298. The molecule has 3 aromatic rings. The van der Waals surface area contributed by atoms with E-state index in [0.717, 1.165) is 12.8 Å². The fourth-order valence-corrected chi connectivity index (χ4v) is 3.35. The van der Waals surface area contributed by atoms with Crippen molar-refractivity contribution in [2.24, 2.45) is 5.73 Å². The molecule has 2 heterocycles. The van der Waals surface area contributed by atoms with Crippen LogP contribution in [-0.4, -0.2) is 40.4 Å². The first-order chi connectivity index (χ1) is 15.2. The van der Waals surface area contributed by atoms with Gasteiger partial charge in [0.2, 0.25) is 0 Å². The average molecular weight is 483 g/mol. The van der Waals surface area contributed by atoms with Gasteiger partial charge < -0.3 is 10.5 Å². The summed E-state index contributed by atoms with van der Waals surface area (Å²) in [5.41, 5.74) is 4.93. The summed E-state index contributed by atoms with van der Waals surface area (Å²) in [6.45, 7) is 2.16. The van der Waals surface area contributed by atoms with E-state index >= 15 is 0 Å². The zero-order chi connectivity index (χ0) is 23.6. The van der Waals surface area contributed by atoms with E-state index in [4.69, 9.17) is 15.0 Å². The van der Waals surface area contributed by atoms with Gasteiger partial charge >= 0.3 is 10.1 Å². The quantitative estimate of drug-likeness (QED) is 0.443. The van der Waals surface area contributed by atoms with Crippen LogP contribution in [0, 0.1) is 5.82 Å². The van der Waals surface area contributed by atoms with Gasteiger partial charge in [0, 0.05) is 12.8 Å². The van der Waals surface area contributed by atoms with E-state index in [1.807, 2.05) is 12.3 Å². The Morgan fingerprint density at radius 2 is 1.78 bits per heavy atom. The van der Waals surface area contributed by atoms with Gasteiger partial charge in [-0.15, -0.1) is 11.3 Å². The third kappa shape index (κ3) is 8.65. The highest BCUT2D eigenvalue weighted by Gasteiger charge is 2.17. The third-order valence-electron chi connectivity index (χ3n) is 3.86. The normalized spacial score (nSPS) is 10.8. The van der Waals surface area contributed by atoms with Crippen LogP contribution in [0.2, 0.25) is 0 Å². The standard InChI is InChI=1S/C15H18FN3O4S.C5H5NOS/c1-2-3-4-13-17-14(19-15(18-13)24(20,21)22)9-10-23-12-7-5-11(16)6-8-12;6-5(7)4-2-1-3-8-4/h5-8H,2-4,9-10H2,1H3,(H,20,21,22);1-3H,(H2,6,7). The molecule has 0 atom stereocenters. The molecule has 1 amide bonds. The molecule has 3 N–H and O–H groups in total. The number of benzene rings is 1. The van der Waals surface area contributed by atoms with Gasteiger partial charge in [-0.1, -0.05) is 19.4 Å². The predicted molar refractivity (Wildman–Crippen MR) is 117 cm³/mol.